The molecule has 1 heterocycles. The van der Waals surface area contributed by atoms with Crippen molar-refractivity contribution in [2.24, 2.45) is 0 Å². The molecule has 23 heavy (non-hydrogen) atoms. The van der Waals surface area contributed by atoms with Crippen molar-refractivity contribution in [3.8, 4) is 0 Å². The van der Waals surface area contributed by atoms with Gasteiger partial charge in [-0.2, -0.15) is 0 Å². The molecular formula is C16H17ClN3O2P. The molecule has 120 valence electrons. The van der Waals surface area contributed by atoms with E-state index >= 15 is 0 Å². The zero-order valence-corrected chi connectivity index (χ0v) is 14.8. The van der Waals surface area contributed by atoms with Crippen LogP contribution in [0.5, 0.6) is 0 Å². The van der Waals surface area contributed by atoms with E-state index in [9.17, 15) is 9.36 Å². The predicted molar refractivity (Wildman–Crippen MR) is 94.4 cm³/mol. The second-order valence-corrected chi connectivity index (χ2v) is 8.70. The molecule has 1 amide bonds. The van der Waals surface area contributed by atoms with Gasteiger partial charge in [0.2, 0.25) is 0 Å². The first kappa shape index (κ1) is 16.1. The number of rotatable bonds is 2. The SMILES string of the molecule is CN(C)P1(=O)N(C)c2ccccc2C(=O)N1c1ccccc1Cl. The van der Waals surface area contributed by atoms with Crippen LogP contribution in [0.4, 0.5) is 11.4 Å². The fraction of sp³-hybridized carbons (Fsp3) is 0.188. The summed E-state index contributed by atoms with van der Waals surface area (Å²) >= 11 is 6.28. The lowest BCUT2D eigenvalue weighted by atomic mass is 10.1. The molecule has 3 rings (SSSR count). The van der Waals surface area contributed by atoms with Crippen LogP contribution in [0.2, 0.25) is 5.02 Å². The molecule has 0 aliphatic carbocycles. The quantitative estimate of drug-likeness (QED) is 0.765. The molecule has 0 saturated heterocycles. The Balaban J connectivity index is 2.31. The third kappa shape index (κ3) is 2.27. The van der Waals surface area contributed by atoms with Gasteiger partial charge in [-0.1, -0.05) is 35.9 Å². The molecule has 1 aliphatic rings. The summed E-state index contributed by atoms with van der Waals surface area (Å²) in [7, 11) is 1.77. The maximum absolute atomic E-state index is 13.8. The van der Waals surface area contributed by atoms with Crippen LogP contribution in [0.25, 0.3) is 0 Å². The zero-order chi connectivity index (χ0) is 16.8. The molecule has 0 radical (unpaired) electrons. The van der Waals surface area contributed by atoms with Crippen LogP contribution >= 0.6 is 19.2 Å². The van der Waals surface area contributed by atoms with Crippen LogP contribution in [0.1, 0.15) is 10.4 Å². The minimum absolute atomic E-state index is 0.316. The van der Waals surface area contributed by atoms with Gasteiger partial charge in [-0.3, -0.25) is 14.0 Å². The topological polar surface area (TPSA) is 43.9 Å². The van der Waals surface area contributed by atoms with Crippen LogP contribution in [0.15, 0.2) is 48.5 Å². The van der Waals surface area contributed by atoms with Crippen molar-refractivity contribution in [3.05, 3.63) is 59.1 Å². The van der Waals surface area contributed by atoms with Crippen molar-refractivity contribution in [1.82, 2.24) is 4.67 Å². The summed E-state index contributed by atoms with van der Waals surface area (Å²) in [5.41, 5.74) is 1.60. The molecule has 5 nitrogen and oxygen atoms in total. The summed E-state index contributed by atoms with van der Waals surface area (Å²) in [4.78, 5) is 13.1. The van der Waals surface area contributed by atoms with Crippen LogP contribution in [-0.4, -0.2) is 31.7 Å². The largest absolute Gasteiger partial charge is 0.341 e. The summed E-state index contributed by atoms with van der Waals surface area (Å²) in [5.74, 6) is -0.316. The Bertz CT molecular complexity index is 824. The Morgan fingerprint density at radius 2 is 1.57 bits per heavy atom. The van der Waals surface area contributed by atoms with Crippen LogP contribution < -0.4 is 9.34 Å². The fourth-order valence-corrected chi connectivity index (χ4v) is 5.46. The predicted octanol–water partition coefficient (Wildman–Crippen LogP) is 4.11. The third-order valence-electron chi connectivity index (χ3n) is 3.93. The molecule has 2 aromatic rings. The lowest BCUT2D eigenvalue weighted by Crippen LogP contribution is -2.44. The second-order valence-electron chi connectivity index (χ2n) is 5.47. The molecule has 0 spiro atoms. The Labute approximate surface area is 140 Å². The molecule has 1 atom stereocenters. The number of halogens is 1. The first-order valence-corrected chi connectivity index (χ1v) is 9.04. The summed E-state index contributed by atoms with van der Waals surface area (Å²) < 4.78 is 18.4. The first-order chi connectivity index (χ1) is 10.9. The van der Waals surface area contributed by atoms with Gasteiger partial charge < -0.3 is 0 Å². The van der Waals surface area contributed by atoms with Gasteiger partial charge in [-0.15, -0.1) is 0 Å². The van der Waals surface area contributed by atoms with Crippen LogP contribution in [0, 0.1) is 0 Å². The van der Waals surface area contributed by atoms with Crippen molar-refractivity contribution in [2.45, 2.75) is 0 Å². The van der Waals surface area contributed by atoms with E-state index in [0.717, 1.165) is 0 Å². The maximum atomic E-state index is 13.8. The Morgan fingerprint density at radius 3 is 2.17 bits per heavy atom. The molecule has 7 heteroatoms. The monoisotopic (exact) mass is 349 g/mol. The van der Waals surface area contributed by atoms with Gasteiger partial charge in [-0.05, 0) is 38.4 Å². The molecular weight excluding hydrogens is 333 g/mol. The van der Waals surface area contributed by atoms with Crippen LogP contribution in [-0.2, 0) is 4.57 Å². The van der Waals surface area contributed by atoms with Crippen LogP contribution in [0.3, 0.4) is 0 Å². The van der Waals surface area contributed by atoms with Crippen molar-refractivity contribution in [1.29, 1.82) is 0 Å². The van der Waals surface area contributed by atoms with Crippen molar-refractivity contribution < 1.29 is 9.36 Å². The number of nitrogens with zero attached hydrogens (tertiary/aromatic N) is 3. The number of hydrogen-bond acceptors (Lipinski definition) is 2. The number of amides is 1. The molecule has 1 aliphatic heterocycles. The van der Waals surface area contributed by atoms with E-state index in [1.807, 2.05) is 6.07 Å². The Morgan fingerprint density at radius 1 is 1.00 bits per heavy atom. The van der Waals surface area contributed by atoms with E-state index < -0.39 is 7.59 Å². The van der Waals surface area contributed by atoms with E-state index in [4.69, 9.17) is 11.6 Å². The summed E-state index contributed by atoms with van der Waals surface area (Å²) in [6.07, 6.45) is 0. The highest BCUT2D eigenvalue weighted by Gasteiger charge is 2.48. The van der Waals surface area contributed by atoms with Gasteiger partial charge in [0.05, 0.1) is 22.0 Å². The average Bonchev–Trinajstić information content (AvgIpc) is 2.54. The average molecular weight is 350 g/mol. The van der Waals surface area contributed by atoms with Crippen molar-refractivity contribution in [3.63, 3.8) is 0 Å². The summed E-state index contributed by atoms with van der Waals surface area (Å²) in [6, 6.07) is 14.1. The Kier molecular flexibility index (Phi) is 3.96. The highest BCUT2D eigenvalue weighted by Crippen LogP contribution is 2.62. The van der Waals surface area contributed by atoms with E-state index in [1.165, 1.54) is 4.67 Å². The number of benzene rings is 2. The van der Waals surface area contributed by atoms with Crippen molar-refractivity contribution >= 4 is 36.5 Å². The van der Waals surface area contributed by atoms with Gasteiger partial charge in [0, 0.05) is 7.05 Å². The lowest BCUT2D eigenvalue weighted by molar-refractivity contribution is 0.100. The number of para-hydroxylation sites is 2. The number of anilines is 2. The number of fused-ring (bicyclic) bond motifs is 1. The van der Waals surface area contributed by atoms with Gasteiger partial charge in [0.15, 0.2) is 0 Å². The Hall–Kier alpha value is -1.81. The van der Waals surface area contributed by atoms with E-state index in [0.29, 0.717) is 22.0 Å². The lowest BCUT2D eigenvalue weighted by Gasteiger charge is -2.45. The smallest absolute Gasteiger partial charge is 0.297 e. The summed E-state index contributed by atoms with van der Waals surface area (Å²) in [5, 5.41) is 0.385. The molecule has 0 saturated carbocycles. The van der Waals surface area contributed by atoms with E-state index in [-0.39, 0.29) is 5.91 Å². The molecule has 0 bridgehead atoms. The van der Waals surface area contributed by atoms with Gasteiger partial charge in [0.25, 0.3) is 5.91 Å². The number of hydrogen-bond donors (Lipinski definition) is 0. The van der Waals surface area contributed by atoms with Gasteiger partial charge in [0.1, 0.15) is 0 Å². The van der Waals surface area contributed by atoms with E-state index in [2.05, 4.69) is 0 Å². The molecule has 1 unspecified atom stereocenters. The molecule has 0 aromatic heterocycles. The van der Waals surface area contributed by atoms with Crippen molar-refractivity contribution in [2.75, 3.05) is 30.5 Å². The fourth-order valence-electron chi connectivity index (χ4n) is 2.76. The molecule has 0 N–H and O–H groups in total. The number of carbonyl (C=O) groups is 1. The van der Waals surface area contributed by atoms with Gasteiger partial charge >= 0.3 is 7.59 Å². The zero-order valence-electron chi connectivity index (χ0n) is 13.1. The maximum Gasteiger partial charge on any atom is 0.341 e. The van der Waals surface area contributed by atoms with Gasteiger partial charge in [-0.25, -0.2) is 9.34 Å². The highest BCUT2D eigenvalue weighted by molar-refractivity contribution is 7.66. The minimum Gasteiger partial charge on any atom is -0.297 e. The highest BCUT2D eigenvalue weighted by atomic mass is 35.5. The molecule has 2 aromatic carbocycles. The van der Waals surface area contributed by atoms with E-state index in [1.54, 1.807) is 72.9 Å². The second kappa shape index (κ2) is 5.68. The first-order valence-electron chi connectivity index (χ1n) is 7.09. The normalized spacial score (nSPS) is 20.8. The summed E-state index contributed by atoms with van der Waals surface area (Å²) in [6.45, 7) is 0. The molecule has 0 fully saturated rings. The third-order valence-corrected chi connectivity index (χ3v) is 7.21. The minimum atomic E-state index is -3.36. The number of carbonyl (C=O) groups excluding carboxylic acids is 1. The standard InChI is InChI=1S/C16H17ClN3O2P/c1-18(2)23(22)19(3)14-10-6-4-8-12(14)16(21)20(23)15-11-7-5-9-13(15)17/h4-11H,1-3H3.